The van der Waals surface area contributed by atoms with Crippen LogP contribution in [0.2, 0.25) is 0 Å². The van der Waals surface area contributed by atoms with Crippen LogP contribution in [0.15, 0.2) is 24.3 Å². The van der Waals surface area contributed by atoms with Crippen molar-refractivity contribution in [2.24, 2.45) is 11.3 Å². The van der Waals surface area contributed by atoms with E-state index < -0.39 is 11.7 Å². The average molecular weight is 396 g/mol. The van der Waals surface area contributed by atoms with Crippen molar-refractivity contribution in [1.29, 1.82) is 0 Å². The monoisotopic (exact) mass is 394 g/mol. The number of allylic oxidation sites excluding steroid dienone is 2. The summed E-state index contributed by atoms with van der Waals surface area (Å²) in [6.45, 7) is 10.2. The summed E-state index contributed by atoms with van der Waals surface area (Å²) in [6.07, 6.45) is 4.99. The Hall–Kier alpha value is 0.360. The van der Waals surface area contributed by atoms with Gasteiger partial charge in [0.2, 0.25) is 0 Å². The second-order valence-corrected chi connectivity index (χ2v) is 7.97. The summed E-state index contributed by atoms with van der Waals surface area (Å²) in [5, 5.41) is 20.4. The van der Waals surface area contributed by atoms with Gasteiger partial charge in [-0.25, -0.2) is 0 Å². The van der Waals surface area contributed by atoms with Crippen molar-refractivity contribution in [1.82, 2.24) is 0 Å². The van der Waals surface area contributed by atoms with Gasteiger partial charge >= 0.3 is 0 Å². The van der Waals surface area contributed by atoms with Gasteiger partial charge in [-0.15, -0.1) is 0 Å². The largest absolute Gasteiger partial charge is 0.389 e. The Morgan fingerprint density at radius 3 is 2.68 bits per heavy atom. The van der Waals surface area contributed by atoms with E-state index >= 15 is 0 Å². The molecule has 0 saturated heterocycles. The molecule has 1 aliphatic rings. The van der Waals surface area contributed by atoms with Gasteiger partial charge in [0.05, 0.1) is 6.10 Å². The Bertz CT molecular complexity index is 361. The lowest BCUT2D eigenvalue weighted by atomic mass is 9.66. The minimum absolute atomic E-state index is 0.0568. The van der Waals surface area contributed by atoms with Gasteiger partial charge in [0.15, 0.2) is 0 Å². The van der Waals surface area contributed by atoms with Crippen LogP contribution in [0, 0.1) is 11.3 Å². The van der Waals surface area contributed by atoms with Crippen molar-refractivity contribution in [2.45, 2.75) is 50.1 Å². The fraction of sp³-hybridized carbons (Fsp3) is 0.733. The van der Waals surface area contributed by atoms with Crippen LogP contribution in [0.1, 0.15) is 33.6 Å². The first-order valence-corrected chi connectivity index (χ1v) is 8.64. The topological polar surface area (TPSA) is 40.5 Å². The number of halogens is 2. The summed E-state index contributed by atoms with van der Waals surface area (Å²) < 4.78 is 0. The summed E-state index contributed by atoms with van der Waals surface area (Å²) in [5.41, 5.74) is 0.0292. The molecule has 110 valence electrons. The fourth-order valence-electron chi connectivity index (χ4n) is 2.50. The Morgan fingerprint density at radius 1 is 1.58 bits per heavy atom. The molecular formula is C15H24Br2O2. The van der Waals surface area contributed by atoms with Crippen molar-refractivity contribution in [2.75, 3.05) is 5.33 Å². The van der Waals surface area contributed by atoms with Gasteiger partial charge in [0.1, 0.15) is 5.60 Å². The zero-order valence-electron chi connectivity index (χ0n) is 11.9. The molecule has 19 heavy (non-hydrogen) atoms. The highest BCUT2D eigenvalue weighted by Crippen LogP contribution is 2.47. The molecule has 0 radical (unpaired) electrons. The molecule has 4 heteroatoms. The molecule has 2 nitrogen and oxygen atoms in total. The predicted molar refractivity (Wildman–Crippen MR) is 87.9 cm³/mol. The van der Waals surface area contributed by atoms with Crippen molar-refractivity contribution in [3.63, 3.8) is 0 Å². The van der Waals surface area contributed by atoms with E-state index in [0.717, 1.165) is 12.8 Å². The van der Waals surface area contributed by atoms with E-state index in [2.05, 4.69) is 52.3 Å². The molecule has 0 aliphatic heterocycles. The van der Waals surface area contributed by atoms with Crippen LogP contribution in [-0.4, -0.2) is 32.1 Å². The zero-order valence-corrected chi connectivity index (χ0v) is 15.0. The maximum absolute atomic E-state index is 10.2. The first kappa shape index (κ1) is 17.4. The highest BCUT2D eigenvalue weighted by molar-refractivity contribution is 9.09. The maximum Gasteiger partial charge on any atom is 0.107 e. The quantitative estimate of drug-likeness (QED) is 0.561. The summed E-state index contributed by atoms with van der Waals surface area (Å²) >= 11 is 6.94. The standard InChI is InChI=1S/C15H24Br2O2/c1-10-5-6-12(17)14(2,3)11(10)7-8-15(4,19)13(18)9-16/h7-8,11-13,18-19H,1,5-6,9H2,2-4H3/b8-7+/t11-,12+,13?,15?/m0/s1. The molecule has 1 aliphatic carbocycles. The van der Waals surface area contributed by atoms with E-state index in [9.17, 15) is 10.2 Å². The molecular weight excluding hydrogens is 372 g/mol. The van der Waals surface area contributed by atoms with Gasteiger partial charge in [0, 0.05) is 16.1 Å². The molecule has 2 unspecified atom stereocenters. The van der Waals surface area contributed by atoms with E-state index in [1.165, 1.54) is 5.57 Å². The third-order valence-electron chi connectivity index (χ3n) is 4.21. The molecule has 1 saturated carbocycles. The van der Waals surface area contributed by atoms with Crippen molar-refractivity contribution >= 4 is 31.9 Å². The van der Waals surface area contributed by atoms with Gasteiger partial charge in [-0.05, 0) is 25.2 Å². The lowest BCUT2D eigenvalue weighted by Crippen LogP contribution is -2.40. The lowest BCUT2D eigenvalue weighted by Gasteiger charge is -2.43. The first-order valence-electron chi connectivity index (χ1n) is 6.60. The van der Waals surface area contributed by atoms with Crippen LogP contribution in [0.4, 0.5) is 0 Å². The van der Waals surface area contributed by atoms with E-state index in [4.69, 9.17) is 0 Å². The number of alkyl halides is 2. The Morgan fingerprint density at radius 2 is 2.16 bits per heavy atom. The van der Waals surface area contributed by atoms with Crippen LogP contribution >= 0.6 is 31.9 Å². The molecule has 0 spiro atoms. The van der Waals surface area contributed by atoms with Crippen LogP contribution in [0.25, 0.3) is 0 Å². The predicted octanol–water partition coefficient (Wildman–Crippen LogP) is 3.81. The second-order valence-electron chi connectivity index (χ2n) is 6.22. The smallest absolute Gasteiger partial charge is 0.107 e. The van der Waals surface area contributed by atoms with Gasteiger partial charge in [0.25, 0.3) is 0 Å². The van der Waals surface area contributed by atoms with Crippen LogP contribution in [0.5, 0.6) is 0 Å². The summed E-state index contributed by atoms with van der Waals surface area (Å²) in [4.78, 5) is 0.436. The highest BCUT2D eigenvalue weighted by Gasteiger charge is 2.40. The summed E-state index contributed by atoms with van der Waals surface area (Å²) in [6, 6.07) is 0. The molecule has 0 aromatic heterocycles. The van der Waals surface area contributed by atoms with E-state index in [-0.39, 0.29) is 11.3 Å². The number of aliphatic hydroxyl groups is 2. The number of aliphatic hydroxyl groups excluding tert-OH is 1. The summed E-state index contributed by atoms with van der Waals surface area (Å²) in [7, 11) is 0. The van der Waals surface area contributed by atoms with Crippen LogP contribution in [-0.2, 0) is 0 Å². The molecule has 1 rings (SSSR count). The molecule has 0 aromatic carbocycles. The van der Waals surface area contributed by atoms with Crippen LogP contribution in [0.3, 0.4) is 0 Å². The van der Waals surface area contributed by atoms with E-state index in [1.807, 2.05) is 6.08 Å². The Balaban J connectivity index is 2.92. The first-order chi connectivity index (χ1) is 8.63. The molecule has 0 aromatic rings. The second kappa shape index (κ2) is 6.42. The number of hydrogen-bond donors (Lipinski definition) is 2. The van der Waals surface area contributed by atoms with E-state index in [0.29, 0.717) is 10.2 Å². The highest BCUT2D eigenvalue weighted by atomic mass is 79.9. The fourth-order valence-corrected chi connectivity index (χ4v) is 3.67. The van der Waals surface area contributed by atoms with Gasteiger partial charge in [-0.3, -0.25) is 0 Å². The lowest BCUT2D eigenvalue weighted by molar-refractivity contribution is -0.0124. The molecule has 1 fully saturated rings. The van der Waals surface area contributed by atoms with Gasteiger partial charge in [-0.2, -0.15) is 0 Å². The zero-order chi connectivity index (χ0) is 14.8. The molecule has 0 amide bonds. The minimum atomic E-state index is -1.22. The van der Waals surface area contributed by atoms with Crippen molar-refractivity contribution in [3.8, 4) is 0 Å². The SMILES string of the molecule is C=C1CC[C@@H](Br)C(C)(C)[C@H]1/C=C/C(C)(O)C(O)CBr. The average Bonchev–Trinajstić information content (AvgIpc) is 2.32. The Kier molecular flexibility index (Phi) is 5.88. The molecule has 2 N–H and O–H groups in total. The minimum Gasteiger partial charge on any atom is -0.389 e. The molecule has 0 bridgehead atoms. The van der Waals surface area contributed by atoms with Gasteiger partial charge < -0.3 is 10.2 Å². The van der Waals surface area contributed by atoms with Crippen LogP contribution < -0.4 is 0 Å². The summed E-state index contributed by atoms with van der Waals surface area (Å²) in [5.74, 6) is 0.208. The third-order valence-corrected chi connectivity index (χ3v) is 6.47. The molecule has 0 heterocycles. The Labute approximate surface area is 133 Å². The molecule has 4 atom stereocenters. The maximum atomic E-state index is 10.2. The van der Waals surface area contributed by atoms with Crippen molar-refractivity contribution < 1.29 is 10.2 Å². The number of rotatable bonds is 4. The number of hydrogen-bond acceptors (Lipinski definition) is 2. The normalized spacial score (nSPS) is 32.3. The third kappa shape index (κ3) is 3.93. The van der Waals surface area contributed by atoms with Gasteiger partial charge in [-0.1, -0.05) is 70.0 Å². The van der Waals surface area contributed by atoms with E-state index in [1.54, 1.807) is 13.0 Å². The van der Waals surface area contributed by atoms with Crippen molar-refractivity contribution in [3.05, 3.63) is 24.3 Å².